The van der Waals surface area contributed by atoms with Crippen molar-refractivity contribution >= 4 is 38.9 Å². The van der Waals surface area contributed by atoms with Gasteiger partial charge in [-0.3, -0.25) is 14.4 Å². The zero-order chi connectivity index (χ0) is 45.3. The number of β-amino-alcohol motifs (C(OH)–C–C–N with tert-alkyl or cyclic N) is 1. The van der Waals surface area contributed by atoms with Gasteiger partial charge in [-0.15, -0.1) is 16.4 Å². The van der Waals surface area contributed by atoms with E-state index in [0.29, 0.717) is 17.0 Å². The molecule has 2 aromatic heterocycles. The van der Waals surface area contributed by atoms with E-state index in [4.69, 9.17) is 9.47 Å². The molecule has 5 aromatic rings. The second kappa shape index (κ2) is 18.0. The highest BCUT2D eigenvalue weighted by atomic mass is 32.2. The van der Waals surface area contributed by atoms with Gasteiger partial charge in [0.2, 0.25) is 26.7 Å². The number of likely N-dealkylation sites (tertiary alicyclic amines) is 1. The van der Waals surface area contributed by atoms with Crippen molar-refractivity contribution < 1.29 is 37.4 Å². The molecule has 0 aliphatic carbocycles. The van der Waals surface area contributed by atoms with E-state index in [1.165, 1.54) is 16.7 Å². The number of carbonyl (C=O) groups is 3. The van der Waals surface area contributed by atoms with Crippen LogP contribution in [0.1, 0.15) is 76.0 Å². The quantitative estimate of drug-likeness (QED) is 0.132. The molecule has 3 heterocycles. The van der Waals surface area contributed by atoms with Gasteiger partial charge >= 0.3 is 0 Å². The number of benzene rings is 3. The second-order valence-corrected chi connectivity index (χ2v) is 20.4. The average molecular weight is 886 g/mol. The summed E-state index contributed by atoms with van der Waals surface area (Å²) in [6.45, 7) is 16.6. The minimum atomic E-state index is -4.00. The van der Waals surface area contributed by atoms with Crippen molar-refractivity contribution in [2.45, 2.75) is 109 Å². The smallest absolute Gasteiger partial charge is 0.258 e. The third-order valence-electron chi connectivity index (χ3n) is 10.9. The van der Waals surface area contributed by atoms with Crippen molar-refractivity contribution in [2.24, 2.45) is 5.41 Å². The zero-order valence-corrected chi connectivity index (χ0v) is 38.4. The Bertz CT molecular complexity index is 2560. The van der Waals surface area contributed by atoms with Crippen LogP contribution in [0.2, 0.25) is 0 Å². The number of amides is 3. The van der Waals surface area contributed by atoms with Crippen LogP contribution in [-0.4, -0.2) is 94.6 Å². The van der Waals surface area contributed by atoms with Crippen LogP contribution < -0.4 is 20.1 Å². The maximum Gasteiger partial charge on any atom is 0.258 e. The van der Waals surface area contributed by atoms with Crippen LogP contribution in [0.3, 0.4) is 0 Å². The van der Waals surface area contributed by atoms with E-state index in [9.17, 15) is 27.9 Å². The minimum Gasteiger partial charge on any atom is -0.494 e. The molecule has 1 aliphatic rings. The van der Waals surface area contributed by atoms with Crippen molar-refractivity contribution in [3.63, 3.8) is 0 Å². The Morgan fingerprint density at radius 3 is 2.24 bits per heavy atom. The third kappa shape index (κ3) is 9.85. The van der Waals surface area contributed by atoms with E-state index in [1.807, 2.05) is 52.0 Å². The molecule has 3 aromatic carbocycles. The second-order valence-electron chi connectivity index (χ2n) is 17.7. The molecule has 3 atom stereocenters. The van der Waals surface area contributed by atoms with Gasteiger partial charge in [0.15, 0.2) is 6.61 Å². The Balaban J connectivity index is 1.11. The summed E-state index contributed by atoms with van der Waals surface area (Å²) in [5.74, 6) is -0.912. The number of nitrogens with zero attached hydrogens (tertiary/aromatic N) is 5. The Labute approximate surface area is 366 Å². The first-order chi connectivity index (χ1) is 29.1. The van der Waals surface area contributed by atoms with Gasteiger partial charge in [-0.2, -0.15) is 0 Å². The highest BCUT2D eigenvalue weighted by Crippen LogP contribution is 2.34. The number of thiazole rings is 1. The fourth-order valence-electron chi connectivity index (χ4n) is 7.30. The van der Waals surface area contributed by atoms with Gasteiger partial charge in [0, 0.05) is 25.6 Å². The maximum atomic E-state index is 14.2. The Morgan fingerprint density at radius 2 is 1.65 bits per heavy atom. The number of rotatable bonds is 13. The lowest BCUT2D eigenvalue weighted by molar-refractivity contribution is -0.144. The van der Waals surface area contributed by atoms with Crippen LogP contribution >= 0.6 is 11.3 Å². The van der Waals surface area contributed by atoms with Crippen LogP contribution in [0.25, 0.3) is 16.1 Å². The average Bonchev–Trinajstić information content (AvgIpc) is 3.95. The predicted molar refractivity (Wildman–Crippen MR) is 235 cm³/mol. The number of aromatic nitrogens is 4. The van der Waals surface area contributed by atoms with Crippen molar-refractivity contribution in [1.29, 1.82) is 0 Å². The highest BCUT2D eigenvalue weighted by molar-refractivity contribution is 7.91. The minimum absolute atomic E-state index is 0.0584. The summed E-state index contributed by atoms with van der Waals surface area (Å²) in [6.07, 6.45) is -0.858. The normalized spacial score (nSPS) is 16.2. The molecule has 0 spiro atoms. The van der Waals surface area contributed by atoms with Crippen molar-refractivity contribution in [3.05, 3.63) is 94.3 Å². The van der Waals surface area contributed by atoms with E-state index in [0.717, 1.165) is 27.3 Å². The standard InChI is InChI=1S/C45H55N7O8S2/c1-26-19-34(52-28(3)42(49-50-52)62(57,58)33-17-15-31(16-18-33)44(4,5)6)37(59-10)21-36(26)60-24-38(54)48-40(45(7,8)9)43(56)51-23-32(53)20-35(51)41(55)46-22-29-11-13-30(14-12-29)39-27(2)47-25-61-39/h11-19,21,25,32,35,40,53H,20,22-24H2,1-10H3,(H,46,55)(H,48,54)/t32-,35+,40-/m1/s1. The molecule has 1 fully saturated rings. The summed E-state index contributed by atoms with van der Waals surface area (Å²) >= 11 is 1.56. The van der Waals surface area contributed by atoms with E-state index in [1.54, 1.807) is 87.9 Å². The topological polar surface area (TPSA) is 195 Å². The Hall–Kier alpha value is -5.65. The molecule has 62 heavy (non-hydrogen) atoms. The van der Waals surface area contributed by atoms with E-state index in [2.05, 4.69) is 25.9 Å². The van der Waals surface area contributed by atoms with Gasteiger partial charge < -0.3 is 30.1 Å². The molecule has 6 rings (SSSR count). The molecular weight excluding hydrogens is 831 g/mol. The van der Waals surface area contributed by atoms with Crippen molar-refractivity contribution in [1.82, 2.24) is 35.5 Å². The largest absolute Gasteiger partial charge is 0.494 e. The first-order valence-corrected chi connectivity index (χ1v) is 22.6. The summed E-state index contributed by atoms with van der Waals surface area (Å²) in [6, 6.07) is 15.8. The fourth-order valence-corrected chi connectivity index (χ4v) is 9.45. The Kier molecular flexibility index (Phi) is 13.3. The number of nitrogens with one attached hydrogen (secondary N) is 2. The lowest BCUT2D eigenvalue weighted by Gasteiger charge is -2.35. The number of hydrogen-bond donors (Lipinski definition) is 3. The van der Waals surface area contributed by atoms with E-state index in [-0.39, 0.29) is 46.3 Å². The van der Waals surface area contributed by atoms with Crippen LogP contribution in [0.4, 0.5) is 0 Å². The van der Waals surface area contributed by atoms with Crippen LogP contribution in [-0.2, 0) is 36.2 Å². The molecule has 0 radical (unpaired) electrons. The molecule has 1 saturated heterocycles. The van der Waals surface area contributed by atoms with Crippen molar-refractivity contribution in [2.75, 3.05) is 20.3 Å². The number of hydrogen-bond acceptors (Lipinski definition) is 12. The molecule has 1 aliphatic heterocycles. The number of aliphatic hydroxyl groups excluding tert-OH is 1. The van der Waals surface area contributed by atoms with Gasteiger partial charge in [-0.1, -0.05) is 83.2 Å². The maximum absolute atomic E-state index is 14.2. The van der Waals surface area contributed by atoms with Gasteiger partial charge in [0.1, 0.15) is 29.3 Å². The SMILES string of the molecule is COc1cc(OCC(=O)N[C@H](C(=O)N2C[C@H](O)C[C@H]2C(=O)NCc2ccc(-c3scnc3C)cc2)C(C)(C)C)c(C)cc1-n1nnc(S(=O)(=O)c2ccc(C(C)(C)C)cc2)c1C. The van der Waals surface area contributed by atoms with Gasteiger partial charge in [-0.05, 0) is 72.1 Å². The number of ether oxygens (including phenoxy) is 2. The van der Waals surface area contributed by atoms with E-state index < -0.39 is 57.8 Å². The first kappa shape index (κ1) is 45.9. The molecule has 0 unspecified atom stereocenters. The first-order valence-electron chi connectivity index (χ1n) is 20.2. The summed E-state index contributed by atoms with van der Waals surface area (Å²) in [5, 5.41) is 24.4. The van der Waals surface area contributed by atoms with Crippen molar-refractivity contribution in [3.8, 4) is 27.6 Å². The van der Waals surface area contributed by atoms with E-state index >= 15 is 0 Å². The number of carbonyl (C=O) groups excluding carboxylic acids is 3. The monoisotopic (exact) mass is 885 g/mol. The molecule has 0 bridgehead atoms. The third-order valence-corrected chi connectivity index (χ3v) is 13.7. The molecule has 330 valence electrons. The summed E-state index contributed by atoms with van der Waals surface area (Å²) in [5.41, 5.74) is 5.98. The number of sulfone groups is 1. The predicted octanol–water partition coefficient (Wildman–Crippen LogP) is 5.64. The Morgan fingerprint density at radius 1 is 0.968 bits per heavy atom. The lowest BCUT2D eigenvalue weighted by Crippen LogP contribution is -2.58. The summed E-state index contributed by atoms with van der Waals surface area (Å²) in [4.78, 5) is 48.0. The fraction of sp³-hybridized carbons (Fsp3) is 0.422. The number of aliphatic hydroxyl groups is 1. The number of aryl methyl sites for hydroxylation is 2. The van der Waals surface area contributed by atoms with Gasteiger partial charge in [0.05, 0.1) is 39.9 Å². The van der Waals surface area contributed by atoms with Crippen LogP contribution in [0, 0.1) is 26.2 Å². The van der Waals surface area contributed by atoms with Crippen LogP contribution in [0.5, 0.6) is 11.5 Å². The van der Waals surface area contributed by atoms with Gasteiger partial charge in [0.25, 0.3) is 5.91 Å². The summed E-state index contributed by atoms with van der Waals surface area (Å²) < 4.78 is 40.3. The molecule has 0 saturated carbocycles. The highest BCUT2D eigenvalue weighted by Gasteiger charge is 2.44. The molecular formula is C45H55N7O8S2. The number of methoxy groups -OCH3 is 1. The zero-order valence-electron chi connectivity index (χ0n) is 36.8. The summed E-state index contributed by atoms with van der Waals surface area (Å²) in [7, 11) is -2.56. The molecule has 17 heteroatoms. The molecule has 15 nitrogen and oxygen atoms in total. The molecule has 3 amide bonds. The molecule has 3 N–H and O–H groups in total. The van der Waals surface area contributed by atoms with Gasteiger partial charge in [-0.25, -0.2) is 18.1 Å². The van der Waals surface area contributed by atoms with Crippen LogP contribution in [0.15, 0.2) is 76.1 Å². The lowest BCUT2D eigenvalue weighted by atomic mass is 9.85.